The maximum atomic E-state index is 15.2. The van der Waals surface area contributed by atoms with Gasteiger partial charge >= 0.3 is 24.8 Å². The average molecular weight is 642 g/mol. The first-order chi connectivity index (χ1) is 22.2. The van der Waals surface area contributed by atoms with Crippen molar-refractivity contribution in [1.82, 2.24) is 4.98 Å². The Kier molecular flexibility index (Phi) is 11.8. The van der Waals surface area contributed by atoms with Crippen LogP contribution in [0, 0.1) is 17.0 Å². The molecule has 10 nitrogen and oxygen atoms in total. The summed E-state index contributed by atoms with van der Waals surface area (Å²) in [7, 11) is 0. The predicted octanol–water partition coefficient (Wildman–Crippen LogP) is 6.44. The van der Waals surface area contributed by atoms with E-state index in [1.54, 1.807) is 18.2 Å². The Balaban J connectivity index is 0.00000500. The van der Waals surface area contributed by atoms with Gasteiger partial charge in [-0.15, -0.1) is 0 Å². The van der Waals surface area contributed by atoms with E-state index in [4.69, 9.17) is 19.3 Å². The third-order valence-electron chi connectivity index (χ3n) is 7.49. The van der Waals surface area contributed by atoms with Crippen molar-refractivity contribution >= 4 is 58.9 Å². The molecule has 13 heteroatoms. The molecule has 1 aliphatic carbocycles. The summed E-state index contributed by atoms with van der Waals surface area (Å²) >= 11 is 0. The number of amides is 2. The number of hydrogen-bond acceptors (Lipinski definition) is 7. The first kappa shape index (κ1) is 35.2. The van der Waals surface area contributed by atoms with Crippen LogP contribution in [0.25, 0.3) is 10.9 Å². The third kappa shape index (κ3) is 8.78. The van der Waals surface area contributed by atoms with Gasteiger partial charge in [0.15, 0.2) is 23.1 Å². The number of carbonyl (C=O) groups is 3. The number of unbranched alkanes of at least 4 members (excludes halogenated alkanes) is 2. The number of anilines is 2. The van der Waals surface area contributed by atoms with Crippen LogP contribution in [0.3, 0.4) is 0 Å². The second-order valence-corrected chi connectivity index (χ2v) is 10.9. The minimum absolute atomic E-state index is 0. The number of rotatable bonds is 15. The molecule has 0 bridgehead atoms. The molecule has 1 saturated carbocycles. The average Bonchev–Trinajstić information content (AvgIpc) is 3.84. The van der Waals surface area contributed by atoms with Crippen LogP contribution in [0.15, 0.2) is 66.9 Å². The van der Waals surface area contributed by atoms with Crippen LogP contribution in [0.2, 0.25) is 0 Å². The number of carboxylic acids is 1. The Bertz CT molecular complexity index is 1750. The Morgan fingerprint density at radius 3 is 2.17 bits per heavy atom. The first-order valence-electron chi connectivity index (χ1n) is 14.9. The molecule has 1 aromatic heterocycles. The third-order valence-corrected chi connectivity index (χ3v) is 7.49. The molecular weight excluding hydrogens is 607 g/mol. The Morgan fingerprint density at radius 1 is 0.830 bits per heavy atom. The van der Waals surface area contributed by atoms with Crippen molar-refractivity contribution in [2.75, 3.05) is 23.8 Å². The number of aliphatic carboxylic acids is 1. The van der Waals surface area contributed by atoms with Gasteiger partial charge in [0.25, 0.3) is 0 Å². The fraction of sp³-hybridized carbons (Fsp3) is 0.294. The Labute approximate surface area is 282 Å². The van der Waals surface area contributed by atoms with Gasteiger partial charge in [-0.1, -0.05) is 0 Å². The number of hydrogen-bond donors (Lipinski definition) is 3. The minimum atomic E-state index is -1.29. The number of carboxylic acid groups (broad SMARTS) is 1. The number of aromatic nitrogens is 1. The number of nitrogens with one attached hydrogen (secondary N) is 2. The monoisotopic (exact) mass is 641 g/mol. The molecule has 5 rings (SSSR count). The molecule has 2 amide bonds. The van der Waals surface area contributed by atoms with Crippen molar-refractivity contribution in [3.8, 4) is 23.0 Å². The van der Waals surface area contributed by atoms with Crippen LogP contribution in [-0.2, 0) is 14.4 Å². The van der Waals surface area contributed by atoms with Crippen molar-refractivity contribution in [3.05, 3.63) is 78.5 Å². The van der Waals surface area contributed by atoms with Gasteiger partial charge in [0.2, 0.25) is 11.8 Å². The summed E-state index contributed by atoms with van der Waals surface area (Å²) in [4.78, 5) is 41.0. The molecule has 1 heterocycles. The zero-order valence-corrected chi connectivity index (χ0v) is 25.1. The summed E-state index contributed by atoms with van der Waals surface area (Å²) in [5, 5.41) is 14.6. The van der Waals surface area contributed by atoms with Crippen LogP contribution in [0.1, 0.15) is 45.4 Å². The normalized spacial score (nSPS) is 12.8. The van der Waals surface area contributed by atoms with E-state index >= 15 is 4.39 Å². The summed E-state index contributed by atoms with van der Waals surface area (Å²) in [5.74, 6) is -1.95. The van der Waals surface area contributed by atoms with Gasteiger partial charge < -0.3 is 30.0 Å². The molecule has 0 radical (unpaired) electrons. The molecule has 0 aliphatic heterocycles. The van der Waals surface area contributed by atoms with Crippen LogP contribution >= 0.6 is 0 Å². The standard InChI is InChI=1S/C34H33F2N3O7.Li.H/c1-2-44-29-19-24-26(20-30(29)45-17-5-3-4-6-31(40)41)37-16-13-27(24)46-28-12-11-23(18-25(28)36)39-33(43)34(14-15-34)32(42)38-22-9-7-21(35)8-10-22;;/h7-13,16,18-20H,2-6,14-15,17H2,1H3,(H,38,42)(H,39,43)(H,40,41);;. The van der Waals surface area contributed by atoms with E-state index in [2.05, 4.69) is 15.6 Å². The number of nitrogens with zero attached hydrogens (tertiary/aromatic N) is 1. The summed E-state index contributed by atoms with van der Waals surface area (Å²) < 4.78 is 46.1. The number of ether oxygens (including phenoxy) is 3. The molecule has 3 aromatic carbocycles. The number of fused-ring (bicyclic) bond motifs is 1. The van der Waals surface area contributed by atoms with Gasteiger partial charge in [-0.25, -0.2) is 8.78 Å². The number of halogens is 2. The molecule has 1 aliphatic rings. The number of carbonyl (C=O) groups excluding carboxylic acids is 2. The van der Waals surface area contributed by atoms with Crippen LogP contribution in [-0.4, -0.2) is 59.9 Å². The van der Waals surface area contributed by atoms with Crippen molar-refractivity contribution < 1.29 is 42.5 Å². The van der Waals surface area contributed by atoms with E-state index in [0.29, 0.717) is 79.2 Å². The summed E-state index contributed by atoms with van der Waals surface area (Å²) in [5.41, 5.74) is -0.251. The van der Waals surface area contributed by atoms with Crippen LogP contribution in [0.4, 0.5) is 20.2 Å². The quantitative estimate of drug-likeness (QED) is 0.0767. The van der Waals surface area contributed by atoms with Gasteiger partial charge in [-0.2, -0.15) is 0 Å². The van der Waals surface area contributed by atoms with E-state index in [9.17, 15) is 18.8 Å². The van der Waals surface area contributed by atoms with Gasteiger partial charge in [-0.3, -0.25) is 19.4 Å². The van der Waals surface area contributed by atoms with Crippen molar-refractivity contribution in [1.29, 1.82) is 0 Å². The zero-order valence-electron chi connectivity index (χ0n) is 25.1. The predicted molar refractivity (Wildman–Crippen MR) is 173 cm³/mol. The van der Waals surface area contributed by atoms with Gasteiger partial charge in [0.1, 0.15) is 17.0 Å². The second-order valence-electron chi connectivity index (χ2n) is 10.9. The fourth-order valence-corrected chi connectivity index (χ4v) is 4.83. The van der Waals surface area contributed by atoms with E-state index in [0.717, 1.165) is 6.07 Å². The molecule has 0 unspecified atom stereocenters. The summed E-state index contributed by atoms with van der Waals surface area (Å²) in [6, 6.07) is 14.2. The molecule has 47 heavy (non-hydrogen) atoms. The van der Waals surface area contributed by atoms with E-state index in [-0.39, 0.29) is 36.7 Å². The summed E-state index contributed by atoms with van der Waals surface area (Å²) in [6.07, 6.45) is 4.24. The molecule has 3 N–H and O–H groups in total. The molecule has 0 atom stereocenters. The van der Waals surface area contributed by atoms with Gasteiger partial charge in [-0.05, 0) is 87.6 Å². The zero-order chi connectivity index (χ0) is 32.7. The molecular formula is C34H34F2LiN3O7. The first-order valence-corrected chi connectivity index (χ1v) is 14.9. The van der Waals surface area contributed by atoms with E-state index in [1.165, 1.54) is 42.6 Å². The molecule has 4 aromatic rings. The molecule has 0 spiro atoms. The van der Waals surface area contributed by atoms with Crippen LogP contribution in [0.5, 0.6) is 23.0 Å². The van der Waals surface area contributed by atoms with Crippen molar-refractivity contribution in [2.45, 2.75) is 45.4 Å². The van der Waals surface area contributed by atoms with Gasteiger partial charge in [0, 0.05) is 41.5 Å². The van der Waals surface area contributed by atoms with Crippen molar-refractivity contribution in [3.63, 3.8) is 0 Å². The summed E-state index contributed by atoms with van der Waals surface area (Å²) in [6.45, 7) is 2.57. The van der Waals surface area contributed by atoms with E-state index < -0.39 is 34.8 Å². The molecule has 242 valence electrons. The number of benzene rings is 3. The molecule has 0 saturated heterocycles. The van der Waals surface area contributed by atoms with Gasteiger partial charge in [0.05, 0.1) is 18.7 Å². The maximum absolute atomic E-state index is 15.2. The topological polar surface area (TPSA) is 136 Å². The Morgan fingerprint density at radius 2 is 1.51 bits per heavy atom. The Hall–Kier alpha value is -4.66. The van der Waals surface area contributed by atoms with E-state index in [1.807, 2.05) is 6.92 Å². The molecule has 1 fully saturated rings. The SMILES string of the molecule is CCOc1cc2c(Oc3ccc(NC(=O)C4(C(=O)Nc5ccc(F)cc5)CC4)cc3F)ccnc2cc1OCCCCCC(=O)O.[LiH]. The number of pyridine rings is 1. The second kappa shape index (κ2) is 15.8. The fourth-order valence-electron chi connectivity index (χ4n) is 4.83. The van der Waals surface area contributed by atoms with Crippen molar-refractivity contribution in [2.24, 2.45) is 5.41 Å². The van der Waals surface area contributed by atoms with Crippen LogP contribution < -0.4 is 24.8 Å².